The molecule has 6 heteroatoms. The highest BCUT2D eigenvalue weighted by atomic mass is 16.2. The number of H-pyrrole nitrogens is 1. The van der Waals surface area contributed by atoms with Crippen molar-refractivity contribution in [1.82, 2.24) is 14.9 Å². The second-order valence-electron chi connectivity index (χ2n) is 7.42. The molecule has 2 aromatic carbocycles. The number of aromatic nitrogens is 2. The first-order valence-electron chi connectivity index (χ1n) is 9.97. The molecule has 29 heavy (non-hydrogen) atoms. The number of carbonyl (C=O) groups is 2. The fourth-order valence-electron chi connectivity index (χ4n) is 3.87. The molecule has 0 unspecified atom stereocenters. The van der Waals surface area contributed by atoms with E-state index in [4.69, 9.17) is 0 Å². The SMILES string of the molecule is O=C(c1ccccc1)C1CCN(C(=O)CCc2nc3ccccc3c(=O)[nH]2)CC1. The smallest absolute Gasteiger partial charge is 0.258 e. The van der Waals surface area contributed by atoms with Crippen molar-refractivity contribution in [1.29, 1.82) is 0 Å². The number of hydrogen-bond acceptors (Lipinski definition) is 4. The number of carbonyl (C=O) groups excluding carboxylic acids is 2. The molecule has 0 spiro atoms. The molecule has 148 valence electrons. The minimum atomic E-state index is -0.182. The summed E-state index contributed by atoms with van der Waals surface area (Å²) in [5.74, 6) is 0.693. The summed E-state index contributed by atoms with van der Waals surface area (Å²) in [6, 6.07) is 16.5. The van der Waals surface area contributed by atoms with Gasteiger partial charge in [0.2, 0.25) is 5.91 Å². The van der Waals surface area contributed by atoms with Gasteiger partial charge in [-0.1, -0.05) is 42.5 Å². The molecule has 0 radical (unpaired) electrons. The van der Waals surface area contributed by atoms with Gasteiger partial charge in [0.05, 0.1) is 10.9 Å². The van der Waals surface area contributed by atoms with Crippen molar-refractivity contribution < 1.29 is 9.59 Å². The third-order valence-electron chi connectivity index (χ3n) is 5.51. The number of ketones is 1. The lowest BCUT2D eigenvalue weighted by atomic mass is 9.89. The number of amides is 1. The quantitative estimate of drug-likeness (QED) is 0.680. The number of hydrogen-bond donors (Lipinski definition) is 1. The van der Waals surface area contributed by atoms with E-state index in [-0.39, 0.29) is 23.2 Å². The van der Waals surface area contributed by atoms with Crippen LogP contribution in [0.2, 0.25) is 0 Å². The first kappa shape index (κ1) is 19.1. The van der Waals surface area contributed by atoms with Crippen LogP contribution in [-0.2, 0) is 11.2 Å². The van der Waals surface area contributed by atoms with Crippen LogP contribution in [0.25, 0.3) is 10.9 Å². The zero-order chi connectivity index (χ0) is 20.2. The number of Topliss-reactive ketones (excluding diaryl/α,β-unsaturated/α-hetero) is 1. The Labute approximate surface area is 168 Å². The van der Waals surface area contributed by atoms with E-state index in [1.165, 1.54) is 0 Å². The molecule has 1 aliphatic rings. The Hall–Kier alpha value is -3.28. The number of benzene rings is 2. The Bertz CT molecular complexity index is 1080. The Morgan fingerprint density at radius 3 is 2.45 bits per heavy atom. The molecular formula is C23H23N3O3. The molecule has 2 heterocycles. The second kappa shape index (κ2) is 8.39. The average Bonchev–Trinajstić information content (AvgIpc) is 2.78. The summed E-state index contributed by atoms with van der Waals surface area (Å²) in [5.41, 5.74) is 1.20. The maximum absolute atomic E-state index is 12.6. The summed E-state index contributed by atoms with van der Waals surface area (Å²) in [4.78, 5) is 46.3. The number of likely N-dealkylation sites (tertiary alicyclic amines) is 1. The lowest BCUT2D eigenvalue weighted by Gasteiger charge is -2.31. The second-order valence-corrected chi connectivity index (χ2v) is 7.42. The van der Waals surface area contributed by atoms with Crippen LogP contribution in [0.15, 0.2) is 59.4 Å². The number of aryl methyl sites for hydroxylation is 1. The zero-order valence-electron chi connectivity index (χ0n) is 16.1. The van der Waals surface area contributed by atoms with Crippen molar-refractivity contribution in [2.45, 2.75) is 25.7 Å². The summed E-state index contributed by atoms with van der Waals surface area (Å²) >= 11 is 0. The van der Waals surface area contributed by atoms with Crippen LogP contribution in [0.1, 0.15) is 35.4 Å². The van der Waals surface area contributed by atoms with E-state index in [0.29, 0.717) is 55.5 Å². The van der Waals surface area contributed by atoms with E-state index >= 15 is 0 Å². The fraction of sp³-hybridized carbons (Fsp3) is 0.304. The first-order valence-corrected chi connectivity index (χ1v) is 9.97. The number of rotatable bonds is 5. The number of aromatic amines is 1. The van der Waals surface area contributed by atoms with Crippen LogP contribution in [0.3, 0.4) is 0 Å². The van der Waals surface area contributed by atoms with E-state index in [9.17, 15) is 14.4 Å². The maximum atomic E-state index is 12.6. The van der Waals surface area contributed by atoms with E-state index in [1.54, 1.807) is 18.2 Å². The van der Waals surface area contributed by atoms with Crippen LogP contribution >= 0.6 is 0 Å². The number of para-hydroxylation sites is 1. The van der Waals surface area contributed by atoms with E-state index in [0.717, 1.165) is 5.56 Å². The minimum Gasteiger partial charge on any atom is -0.343 e. The highest BCUT2D eigenvalue weighted by Gasteiger charge is 2.27. The molecule has 0 saturated carbocycles. The monoisotopic (exact) mass is 389 g/mol. The summed E-state index contributed by atoms with van der Waals surface area (Å²) in [6.45, 7) is 1.17. The lowest BCUT2D eigenvalue weighted by Crippen LogP contribution is -2.40. The Kier molecular flexibility index (Phi) is 5.51. The fourth-order valence-corrected chi connectivity index (χ4v) is 3.87. The van der Waals surface area contributed by atoms with Gasteiger partial charge in [0.15, 0.2) is 5.78 Å². The number of piperidine rings is 1. The summed E-state index contributed by atoms with van der Waals surface area (Å²) < 4.78 is 0. The van der Waals surface area contributed by atoms with Gasteiger partial charge in [-0.3, -0.25) is 14.4 Å². The summed E-state index contributed by atoms with van der Waals surface area (Å²) in [5, 5.41) is 0.549. The largest absolute Gasteiger partial charge is 0.343 e. The van der Waals surface area contributed by atoms with Gasteiger partial charge in [-0.2, -0.15) is 0 Å². The molecule has 1 aromatic heterocycles. The van der Waals surface area contributed by atoms with Crippen LogP contribution < -0.4 is 5.56 Å². The van der Waals surface area contributed by atoms with Crippen molar-refractivity contribution in [3.05, 3.63) is 76.3 Å². The van der Waals surface area contributed by atoms with Crippen LogP contribution in [-0.4, -0.2) is 39.6 Å². The predicted octanol–water partition coefficient (Wildman–Crippen LogP) is 2.98. The predicted molar refractivity (Wildman–Crippen MR) is 111 cm³/mol. The number of nitrogens with one attached hydrogen (secondary N) is 1. The zero-order valence-corrected chi connectivity index (χ0v) is 16.1. The number of nitrogens with zero attached hydrogens (tertiary/aromatic N) is 2. The van der Waals surface area contributed by atoms with E-state index < -0.39 is 0 Å². The normalized spacial score (nSPS) is 14.8. The molecule has 1 aliphatic heterocycles. The molecule has 0 bridgehead atoms. The molecule has 0 atom stereocenters. The van der Waals surface area contributed by atoms with E-state index in [2.05, 4.69) is 9.97 Å². The van der Waals surface area contributed by atoms with Crippen molar-refractivity contribution in [3.63, 3.8) is 0 Å². The van der Waals surface area contributed by atoms with Gasteiger partial charge >= 0.3 is 0 Å². The highest BCUT2D eigenvalue weighted by molar-refractivity contribution is 5.98. The third kappa shape index (κ3) is 4.26. The Balaban J connectivity index is 1.32. The molecule has 1 N–H and O–H groups in total. The highest BCUT2D eigenvalue weighted by Crippen LogP contribution is 2.22. The summed E-state index contributed by atoms with van der Waals surface area (Å²) in [7, 11) is 0. The Morgan fingerprint density at radius 2 is 1.69 bits per heavy atom. The van der Waals surface area contributed by atoms with Gasteiger partial charge in [0.25, 0.3) is 5.56 Å². The molecular weight excluding hydrogens is 366 g/mol. The molecule has 0 aliphatic carbocycles. The van der Waals surface area contributed by atoms with E-state index in [1.807, 2.05) is 41.3 Å². The molecule has 6 nitrogen and oxygen atoms in total. The standard InChI is InChI=1S/C23H23N3O3/c27-21(11-10-20-24-19-9-5-4-8-18(19)23(29)25-20)26-14-12-17(13-15-26)22(28)16-6-2-1-3-7-16/h1-9,17H,10-15H2,(H,24,25,29). The van der Waals surface area contributed by atoms with Gasteiger partial charge < -0.3 is 9.88 Å². The first-order chi connectivity index (χ1) is 14.1. The lowest BCUT2D eigenvalue weighted by molar-refractivity contribution is -0.132. The van der Waals surface area contributed by atoms with Gasteiger partial charge in [0.1, 0.15) is 5.82 Å². The van der Waals surface area contributed by atoms with Gasteiger partial charge in [-0.25, -0.2) is 4.98 Å². The topological polar surface area (TPSA) is 83.1 Å². The van der Waals surface area contributed by atoms with Crippen molar-refractivity contribution in [3.8, 4) is 0 Å². The van der Waals surface area contributed by atoms with Crippen LogP contribution in [0.4, 0.5) is 0 Å². The van der Waals surface area contributed by atoms with Crippen LogP contribution in [0, 0.1) is 5.92 Å². The summed E-state index contributed by atoms with van der Waals surface area (Å²) in [6.07, 6.45) is 2.05. The molecule has 1 saturated heterocycles. The molecule has 1 fully saturated rings. The van der Waals surface area contributed by atoms with Gasteiger partial charge in [-0.05, 0) is 25.0 Å². The molecule has 3 aromatic rings. The van der Waals surface area contributed by atoms with Crippen molar-refractivity contribution in [2.75, 3.05) is 13.1 Å². The minimum absolute atomic E-state index is 0.0278. The average molecular weight is 389 g/mol. The van der Waals surface area contributed by atoms with Crippen LogP contribution in [0.5, 0.6) is 0 Å². The van der Waals surface area contributed by atoms with Crippen molar-refractivity contribution >= 4 is 22.6 Å². The van der Waals surface area contributed by atoms with Gasteiger partial charge in [-0.15, -0.1) is 0 Å². The van der Waals surface area contributed by atoms with Gasteiger partial charge in [0, 0.05) is 37.4 Å². The Morgan fingerprint density at radius 1 is 1.00 bits per heavy atom. The third-order valence-corrected chi connectivity index (χ3v) is 5.51. The molecule has 1 amide bonds. The maximum Gasteiger partial charge on any atom is 0.258 e. The molecule has 4 rings (SSSR count). The van der Waals surface area contributed by atoms with Crippen molar-refractivity contribution in [2.24, 2.45) is 5.92 Å². The number of fused-ring (bicyclic) bond motifs is 1.